The molecule has 0 amide bonds. The van der Waals surface area contributed by atoms with Crippen molar-refractivity contribution in [2.75, 3.05) is 0 Å². The second-order valence-electron chi connectivity index (χ2n) is 4.42. The molecule has 78 valence electrons. The van der Waals surface area contributed by atoms with Crippen molar-refractivity contribution >= 4 is 11.8 Å². The van der Waals surface area contributed by atoms with Crippen LogP contribution in [0.4, 0.5) is 0 Å². The molecular formula is C12H24S. The summed E-state index contributed by atoms with van der Waals surface area (Å²) < 4.78 is 0.370. The maximum atomic E-state index is 2.42. The Hall–Kier alpha value is 0.0900. The van der Waals surface area contributed by atoms with E-state index in [2.05, 4.69) is 40.7 Å². The Morgan fingerprint density at radius 2 is 1.77 bits per heavy atom. The zero-order valence-corrected chi connectivity index (χ0v) is 10.6. The Balaban J connectivity index is 4.09. The van der Waals surface area contributed by atoms with Crippen LogP contribution in [-0.2, 0) is 0 Å². The average molecular weight is 200 g/mol. The Bertz CT molecular complexity index is 151. The van der Waals surface area contributed by atoms with Crippen molar-refractivity contribution in [3.05, 3.63) is 11.0 Å². The molecule has 0 fully saturated rings. The molecule has 0 aromatic rings. The van der Waals surface area contributed by atoms with E-state index in [1.807, 2.05) is 11.8 Å². The molecule has 1 heteroatoms. The lowest BCUT2D eigenvalue weighted by Gasteiger charge is -2.19. The molecule has 0 saturated heterocycles. The molecule has 0 aliphatic rings. The van der Waals surface area contributed by atoms with Crippen LogP contribution in [0.5, 0.6) is 0 Å². The number of thioether (sulfide) groups is 1. The van der Waals surface area contributed by atoms with Crippen molar-refractivity contribution in [1.82, 2.24) is 0 Å². The molecule has 0 heterocycles. The van der Waals surface area contributed by atoms with Gasteiger partial charge >= 0.3 is 0 Å². The van der Waals surface area contributed by atoms with Crippen molar-refractivity contribution in [3.63, 3.8) is 0 Å². The van der Waals surface area contributed by atoms with Crippen LogP contribution in [0.1, 0.15) is 60.3 Å². The van der Waals surface area contributed by atoms with E-state index in [1.54, 1.807) is 4.91 Å². The number of hydrogen-bond acceptors (Lipinski definition) is 1. The van der Waals surface area contributed by atoms with Crippen LogP contribution in [-0.4, -0.2) is 4.75 Å². The Kier molecular flexibility index (Phi) is 6.58. The molecule has 0 aliphatic carbocycles. The molecule has 0 aromatic heterocycles. The molecule has 0 bridgehead atoms. The van der Waals surface area contributed by atoms with Gasteiger partial charge in [-0.1, -0.05) is 53.5 Å². The highest BCUT2D eigenvalue weighted by Gasteiger charge is 2.12. The lowest BCUT2D eigenvalue weighted by Crippen LogP contribution is -2.07. The second-order valence-corrected chi connectivity index (χ2v) is 6.38. The molecule has 0 unspecified atom stereocenters. The molecule has 0 N–H and O–H groups in total. The van der Waals surface area contributed by atoms with Gasteiger partial charge in [-0.05, 0) is 17.7 Å². The van der Waals surface area contributed by atoms with Gasteiger partial charge in [0.05, 0.1) is 0 Å². The minimum Gasteiger partial charge on any atom is -0.125 e. The fourth-order valence-corrected chi connectivity index (χ4v) is 2.43. The van der Waals surface area contributed by atoms with E-state index < -0.39 is 0 Å². The monoisotopic (exact) mass is 200 g/mol. The van der Waals surface area contributed by atoms with Gasteiger partial charge in [0.25, 0.3) is 0 Å². The summed E-state index contributed by atoms with van der Waals surface area (Å²) in [6.07, 6.45) is 7.43. The minimum atomic E-state index is 0.370. The van der Waals surface area contributed by atoms with E-state index in [-0.39, 0.29) is 0 Å². The lowest BCUT2D eigenvalue weighted by molar-refractivity contribution is 0.801. The van der Waals surface area contributed by atoms with Crippen LogP contribution in [0.25, 0.3) is 0 Å². The smallest absolute Gasteiger partial charge is 0.0119 e. The Morgan fingerprint density at radius 3 is 2.15 bits per heavy atom. The molecule has 13 heavy (non-hydrogen) atoms. The summed E-state index contributed by atoms with van der Waals surface area (Å²) in [5, 5.41) is 0. The average Bonchev–Trinajstić information content (AvgIpc) is 1.98. The first-order chi connectivity index (χ1) is 5.99. The SMILES string of the molecule is CCC/C=C(\CCC)SC(C)(C)C. The van der Waals surface area contributed by atoms with Crippen LogP contribution in [0.2, 0.25) is 0 Å². The van der Waals surface area contributed by atoms with Crippen LogP contribution < -0.4 is 0 Å². The largest absolute Gasteiger partial charge is 0.125 e. The summed E-state index contributed by atoms with van der Waals surface area (Å²) in [4.78, 5) is 1.58. The van der Waals surface area contributed by atoms with Gasteiger partial charge < -0.3 is 0 Å². The summed E-state index contributed by atoms with van der Waals surface area (Å²) in [5.41, 5.74) is 0. The summed E-state index contributed by atoms with van der Waals surface area (Å²) in [6.45, 7) is 11.3. The highest BCUT2D eigenvalue weighted by Crippen LogP contribution is 2.33. The first kappa shape index (κ1) is 13.1. The summed E-state index contributed by atoms with van der Waals surface area (Å²) >= 11 is 2.03. The number of rotatable bonds is 5. The van der Waals surface area contributed by atoms with Gasteiger partial charge in [-0.25, -0.2) is 0 Å². The first-order valence-corrected chi connectivity index (χ1v) is 6.19. The third kappa shape index (κ3) is 8.42. The molecule has 0 rings (SSSR count). The number of hydrogen-bond donors (Lipinski definition) is 0. The van der Waals surface area contributed by atoms with Gasteiger partial charge in [-0.2, -0.15) is 0 Å². The molecule has 0 atom stereocenters. The summed E-state index contributed by atoms with van der Waals surface area (Å²) in [7, 11) is 0. The van der Waals surface area contributed by atoms with E-state index in [1.165, 1.54) is 25.7 Å². The standard InChI is InChI=1S/C12H24S/c1-6-8-10-11(9-7-2)13-12(3,4)5/h10H,6-9H2,1-5H3/b11-10+. The maximum Gasteiger partial charge on any atom is 0.0119 e. The zero-order chi connectivity index (χ0) is 10.3. The second kappa shape index (κ2) is 6.53. The zero-order valence-electron chi connectivity index (χ0n) is 9.81. The van der Waals surface area contributed by atoms with Crippen molar-refractivity contribution < 1.29 is 0 Å². The minimum absolute atomic E-state index is 0.370. The van der Waals surface area contributed by atoms with Gasteiger partial charge in [0, 0.05) is 4.75 Å². The van der Waals surface area contributed by atoms with E-state index in [9.17, 15) is 0 Å². The Morgan fingerprint density at radius 1 is 1.15 bits per heavy atom. The van der Waals surface area contributed by atoms with Gasteiger partial charge in [0.15, 0.2) is 0 Å². The molecule has 0 aromatic carbocycles. The predicted octanol–water partition coefficient (Wildman–Crippen LogP) is 5.00. The van der Waals surface area contributed by atoms with Gasteiger partial charge in [-0.15, -0.1) is 11.8 Å². The lowest BCUT2D eigenvalue weighted by atomic mass is 10.2. The van der Waals surface area contributed by atoms with Gasteiger partial charge in [0.2, 0.25) is 0 Å². The third-order valence-corrected chi connectivity index (χ3v) is 2.84. The van der Waals surface area contributed by atoms with Crippen LogP contribution >= 0.6 is 11.8 Å². The molecule has 0 nitrogen and oxygen atoms in total. The molecular weight excluding hydrogens is 176 g/mol. The van der Waals surface area contributed by atoms with E-state index in [4.69, 9.17) is 0 Å². The number of unbranched alkanes of at least 4 members (excludes halogenated alkanes) is 1. The van der Waals surface area contributed by atoms with Crippen molar-refractivity contribution in [3.8, 4) is 0 Å². The van der Waals surface area contributed by atoms with Crippen LogP contribution in [0.3, 0.4) is 0 Å². The van der Waals surface area contributed by atoms with Gasteiger partial charge in [0.1, 0.15) is 0 Å². The van der Waals surface area contributed by atoms with Crippen molar-refractivity contribution in [1.29, 1.82) is 0 Å². The van der Waals surface area contributed by atoms with Crippen molar-refractivity contribution in [2.24, 2.45) is 0 Å². The number of allylic oxidation sites excluding steroid dienone is 2. The maximum absolute atomic E-state index is 2.42. The molecule has 0 aliphatic heterocycles. The molecule has 0 radical (unpaired) electrons. The van der Waals surface area contributed by atoms with Gasteiger partial charge in [-0.3, -0.25) is 0 Å². The van der Waals surface area contributed by atoms with Crippen LogP contribution in [0.15, 0.2) is 11.0 Å². The highest BCUT2D eigenvalue weighted by molar-refractivity contribution is 8.04. The normalized spacial score (nSPS) is 13.5. The van der Waals surface area contributed by atoms with E-state index in [0.29, 0.717) is 4.75 Å². The predicted molar refractivity (Wildman–Crippen MR) is 65.2 cm³/mol. The fraction of sp³-hybridized carbons (Fsp3) is 0.833. The Labute approximate surface area is 88.2 Å². The summed E-state index contributed by atoms with van der Waals surface area (Å²) in [6, 6.07) is 0. The van der Waals surface area contributed by atoms with Crippen molar-refractivity contribution in [2.45, 2.75) is 65.0 Å². The molecule has 0 saturated carbocycles. The topological polar surface area (TPSA) is 0 Å². The van der Waals surface area contributed by atoms with E-state index in [0.717, 1.165) is 0 Å². The summed E-state index contributed by atoms with van der Waals surface area (Å²) in [5.74, 6) is 0. The van der Waals surface area contributed by atoms with Crippen LogP contribution in [0, 0.1) is 0 Å². The quantitative estimate of drug-likeness (QED) is 0.601. The first-order valence-electron chi connectivity index (χ1n) is 5.37. The molecule has 0 spiro atoms. The third-order valence-electron chi connectivity index (χ3n) is 1.59. The van der Waals surface area contributed by atoms with E-state index >= 15 is 0 Å². The highest BCUT2D eigenvalue weighted by atomic mass is 32.2. The fourth-order valence-electron chi connectivity index (χ4n) is 1.14.